The van der Waals surface area contributed by atoms with E-state index in [1.807, 2.05) is 36.4 Å². The SMILES string of the molecule is O=C(Cn1ccnc1)N[C@@H](Cc1ccccc1)c1ccc2c(c1)OCCO2. The molecule has 0 saturated carbocycles. The van der Waals surface area contributed by atoms with Gasteiger partial charge in [0.1, 0.15) is 19.8 Å². The van der Waals surface area contributed by atoms with Crippen LogP contribution in [0, 0.1) is 0 Å². The van der Waals surface area contributed by atoms with Crippen LogP contribution in [0.25, 0.3) is 0 Å². The highest BCUT2D eigenvalue weighted by Crippen LogP contribution is 2.33. The summed E-state index contributed by atoms with van der Waals surface area (Å²) in [5.41, 5.74) is 2.14. The zero-order chi connectivity index (χ0) is 18.5. The van der Waals surface area contributed by atoms with Gasteiger partial charge in [-0.25, -0.2) is 4.98 Å². The summed E-state index contributed by atoms with van der Waals surface area (Å²) in [5.74, 6) is 1.40. The van der Waals surface area contributed by atoms with Crippen molar-refractivity contribution in [3.8, 4) is 11.5 Å². The predicted octanol–water partition coefficient (Wildman–Crippen LogP) is 2.75. The Bertz CT molecular complexity index is 894. The molecule has 2 aromatic carbocycles. The molecule has 3 aromatic rings. The molecule has 27 heavy (non-hydrogen) atoms. The van der Waals surface area contributed by atoms with Crippen LogP contribution in [0.2, 0.25) is 0 Å². The number of benzene rings is 2. The molecule has 1 aliphatic rings. The second kappa shape index (κ2) is 7.95. The van der Waals surface area contributed by atoms with Crippen LogP contribution in [0.15, 0.2) is 67.3 Å². The highest BCUT2D eigenvalue weighted by molar-refractivity contribution is 5.76. The maximum absolute atomic E-state index is 12.6. The molecule has 6 heteroatoms. The molecule has 0 spiro atoms. The third kappa shape index (κ3) is 4.28. The molecule has 0 radical (unpaired) electrons. The van der Waals surface area contributed by atoms with Crippen LogP contribution in [-0.2, 0) is 17.8 Å². The summed E-state index contributed by atoms with van der Waals surface area (Å²) in [6, 6.07) is 15.8. The Balaban J connectivity index is 1.56. The van der Waals surface area contributed by atoms with E-state index < -0.39 is 0 Å². The number of amides is 1. The van der Waals surface area contributed by atoms with Crippen molar-refractivity contribution in [2.45, 2.75) is 19.0 Å². The Morgan fingerprint density at radius 3 is 2.70 bits per heavy atom. The topological polar surface area (TPSA) is 65.4 Å². The fourth-order valence-corrected chi connectivity index (χ4v) is 3.16. The number of hydrogen-bond donors (Lipinski definition) is 1. The van der Waals surface area contributed by atoms with Gasteiger partial charge in [-0.3, -0.25) is 4.79 Å². The lowest BCUT2D eigenvalue weighted by Crippen LogP contribution is -2.32. The molecule has 1 aliphatic heterocycles. The molecule has 1 N–H and O–H groups in total. The smallest absolute Gasteiger partial charge is 0.240 e. The van der Waals surface area contributed by atoms with E-state index in [0.29, 0.717) is 19.6 Å². The average Bonchev–Trinajstić information content (AvgIpc) is 3.21. The van der Waals surface area contributed by atoms with E-state index in [9.17, 15) is 4.79 Å². The molecule has 1 atom stereocenters. The first-order chi connectivity index (χ1) is 13.3. The molecule has 2 heterocycles. The number of hydrogen-bond acceptors (Lipinski definition) is 4. The number of carbonyl (C=O) groups is 1. The maximum atomic E-state index is 12.6. The Kier molecular flexibility index (Phi) is 5.05. The van der Waals surface area contributed by atoms with Crippen molar-refractivity contribution in [3.63, 3.8) is 0 Å². The fraction of sp³-hybridized carbons (Fsp3) is 0.238. The summed E-state index contributed by atoms with van der Waals surface area (Å²) >= 11 is 0. The number of fused-ring (bicyclic) bond motifs is 1. The zero-order valence-corrected chi connectivity index (χ0v) is 14.9. The summed E-state index contributed by atoms with van der Waals surface area (Å²) in [6.07, 6.45) is 5.76. The van der Waals surface area contributed by atoms with Crippen LogP contribution >= 0.6 is 0 Å². The lowest BCUT2D eigenvalue weighted by atomic mass is 9.98. The summed E-state index contributed by atoms with van der Waals surface area (Å²) in [7, 11) is 0. The van der Waals surface area contributed by atoms with Gasteiger partial charge >= 0.3 is 0 Å². The first-order valence-corrected chi connectivity index (χ1v) is 8.96. The predicted molar refractivity (Wildman–Crippen MR) is 101 cm³/mol. The fourth-order valence-electron chi connectivity index (χ4n) is 3.16. The van der Waals surface area contributed by atoms with Gasteiger partial charge in [0.2, 0.25) is 5.91 Å². The van der Waals surface area contributed by atoms with Crippen LogP contribution in [0.5, 0.6) is 11.5 Å². The molecular formula is C21H21N3O3. The number of rotatable bonds is 6. The second-order valence-corrected chi connectivity index (χ2v) is 6.45. The maximum Gasteiger partial charge on any atom is 0.240 e. The standard InChI is InChI=1S/C21H21N3O3/c25-21(14-24-9-8-22-15-24)23-18(12-16-4-2-1-3-5-16)17-6-7-19-20(13-17)27-11-10-26-19/h1-9,13,15,18H,10-12,14H2,(H,23,25)/t18-/m0/s1. The molecule has 1 amide bonds. The van der Waals surface area contributed by atoms with Gasteiger partial charge in [0.25, 0.3) is 0 Å². The van der Waals surface area contributed by atoms with E-state index in [0.717, 1.165) is 22.6 Å². The van der Waals surface area contributed by atoms with Gasteiger partial charge in [0.05, 0.1) is 12.4 Å². The lowest BCUT2D eigenvalue weighted by Gasteiger charge is -2.23. The number of nitrogens with zero attached hydrogens (tertiary/aromatic N) is 2. The minimum Gasteiger partial charge on any atom is -0.486 e. The van der Waals surface area contributed by atoms with Gasteiger partial charge in [-0.05, 0) is 29.7 Å². The van der Waals surface area contributed by atoms with Gasteiger partial charge in [-0.15, -0.1) is 0 Å². The van der Waals surface area contributed by atoms with Crippen molar-refractivity contribution >= 4 is 5.91 Å². The van der Waals surface area contributed by atoms with Crippen molar-refractivity contribution in [1.29, 1.82) is 0 Å². The van der Waals surface area contributed by atoms with E-state index in [2.05, 4.69) is 22.4 Å². The number of ether oxygens (including phenoxy) is 2. The van der Waals surface area contributed by atoms with Crippen LogP contribution in [0.3, 0.4) is 0 Å². The molecule has 0 saturated heterocycles. The first-order valence-electron chi connectivity index (χ1n) is 8.96. The largest absolute Gasteiger partial charge is 0.486 e. The summed E-state index contributed by atoms with van der Waals surface area (Å²) < 4.78 is 13.1. The Hall–Kier alpha value is -3.28. The summed E-state index contributed by atoms with van der Waals surface area (Å²) in [5, 5.41) is 3.14. The molecule has 6 nitrogen and oxygen atoms in total. The third-order valence-electron chi connectivity index (χ3n) is 4.47. The Morgan fingerprint density at radius 2 is 1.93 bits per heavy atom. The van der Waals surface area contributed by atoms with Gasteiger partial charge in [0, 0.05) is 12.4 Å². The van der Waals surface area contributed by atoms with Gasteiger partial charge in [-0.1, -0.05) is 36.4 Å². The molecule has 0 bridgehead atoms. The molecular weight excluding hydrogens is 342 g/mol. The van der Waals surface area contributed by atoms with Crippen LogP contribution in [-0.4, -0.2) is 28.7 Å². The number of imidazole rings is 1. The molecule has 0 aliphatic carbocycles. The Morgan fingerprint density at radius 1 is 1.11 bits per heavy atom. The molecule has 138 valence electrons. The van der Waals surface area contributed by atoms with Crippen LogP contribution in [0.4, 0.5) is 0 Å². The van der Waals surface area contributed by atoms with Crippen molar-refractivity contribution in [3.05, 3.63) is 78.4 Å². The summed E-state index contributed by atoms with van der Waals surface area (Å²) in [6.45, 7) is 1.32. The van der Waals surface area contributed by atoms with E-state index in [4.69, 9.17) is 9.47 Å². The highest BCUT2D eigenvalue weighted by atomic mass is 16.6. The van der Waals surface area contributed by atoms with E-state index in [1.54, 1.807) is 23.3 Å². The van der Waals surface area contributed by atoms with Crippen molar-refractivity contribution < 1.29 is 14.3 Å². The van der Waals surface area contributed by atoms with E-state index in [-0.39, 0.29) is 18.5 Å². The number of aromatic nitrogens is 2. The minimum atomic E-state index is -0.167. The van der Waals surface area contributed by atoms with E-state index >= 15 is 0 Å². The molecule has 4 rings (SSSR count). The van der Waals surface area contributed by atoms with Crippen molar-refractivity contribution in [2.24, 2.45) is 0 Å². The monoisotopic (exact) mass is 363 g/mol. The molecule has 1 aromatic heterocycles. The van der Waals surface area contributed by atoms with E-state index in [1.165, 1.54) is 0 Å². The first kappa shape index (κ1) is 17.1. The minimum absolute atomic E-state index is 0.0659. The van der Waals surface area contributed by atoms with Crippen molar-refractivity contribution in [2.75, 3.05) is 13.2 Å². The third-order valence-corrected chi connectivity index (χ3v) is 4.47. The van der Waals surface area contributed by atoms with Gasteiger partial charge < -0.3 is 19.4 Å². The Labute approximate surface area is 157 Å². The van der Waals surface area contributed by atoms with Gasteiger partial charge in [0.15, 0.2) is 11.5 Å². The summed E-state index contributed by atoms with van der Waals surface area (Å²) in [4.78, 5) is 16.5. The van der Waals surface area contributed by atoms with Crippen molar-refractivity contribution in [1.82, 2.24) is 14.9 Å². The average molecular weight is 363 g/mol. The van der Waals surface area contributed by atoms with Crippen LogP contribution < -0.4 is 14.8 Å². The normalized spacial score (nSPS) is 13.8. The number of nitrogens with one attached hydrogen (secondary N) is 1. The number of carbonyl (C=O) groups excluding carboxylic acids is 1. The quantitative estimate of drug-likeness (QED) is 0.731. The zero-order valence-electron chi connectivity index (χ0n) is 14.9. The van der Waals surface area contributed by atoms with Crippen LogP contribution in [0.1, 0.15) is 17.2 Å². The second-order valence-electron chi connectivity index (χ2n) is 6.45. The molecule has 0 unspecified atom stereocenters. The highest BCUT2D eigenvalue weighted by Gasteiger charge is 2.19. The molecule has 0 fully saturated rings. The lowest BCUT2D eigenvalue weighted by molar-refractivity contribution is -0.122. The van der Waals surface area contributed by atoms with Gasteiger partial charge in [-0.2, -0.15) is 0 Å².